The van der Waals surface area contributed by atoms with E-state index in [4.69, 9.17) is 11.5 Å². The van der Waals surface area contributed by atoms with E-state index in [0.717, 1.165) is 43.4 Å². The van der Waals surface area contributed by atoms with Crippen LogP contribution in [0.15, 0.2) is 60.7 Å². The molecule has 2 aromatic rings. The maximum atomic E-state index is 13.1. The first-order valence-corrected chi connectivity index (χ1v) is 13.4. The molecule has 0 saturated carbocycles. The Kier molecular flexibility index (Phi) is 9.02. The van der Waals surface area contributed by atoms with Gasteiger partial charge in [0.25, 0.3) is 0 Å². The molecule has 1 fully saturated rings. The number of rotatable bonds is 13. The monoisotopic (exact) mass is 472 g/mol. The molecule has 1 unspecified atom stereocenters. The molecule has 1 heterocycles. The van der Waals surface area contributed by atoms with Crippen LogP contribution in [0.2, 0.25) is 0 Å². The number of carbonyl (C=O) groups excluding carboxylic acids is 1. The van der Waals surface area contributed by atoms with Crippen molar-refractivity contribution in [2.24, 2.45) is 17.4 Å². The number of hydrogen-bond donors (Lipinski definition) is 3. The number of amides is 1. The van der Waals surface area contributed by atoms with E-state index in [9.17, 15) is 13.2 Å². The van der Waals surface area contributed by atoms with E-state index in [2.05, 4.69) is 9.62 Å². The van der Waals surface area contributed by atoms with Gasteiger partial charge in [0.15, 0.2) is 0 Å². The summed E-state index contributed by atoms with van der Waals surface area (Å²) in [5.74, 6) is -0.387. The topological polar surface area (TPSA) is 119 Å². The van der Waals surface area contributed by atoms with Crippen molar-refractivity contribution in [3.05, 3.63) is 71.8 Å². The van der Waals surface area contributed by atoms with E-state index in [1.807, 2.05) is 60.7 Å². The summed E-state index contributed by atoms with van der Waals surface area (Å²) in [6.45, 7) is 2.83. The van der Waals surface area contributed by atoms with Crippen molar-refractivity contribution in [1.82, 2.24) is 9.62 Å². The molecule has 0 aliphatic carbocycles. The highest BCUT2D eigenvalue weighted by Crippen LogP contribution is 2.43. The second kappa shape index (κ2) is 11.7. The summed E-state index contributed by atoms with van der Waals surface area (Å²) in [4.78, 5) is 15.2. The first-order valence-electron chi connectivity index (χ1n) is 11.7. The average Bonchev–Trinajstić information content (AvgIpc) is 3.29. The Hall–Kier alpha value is -2.26. The Morgan fingerprint density at radius 3 is 2.15 bits per heavy atom. The number of carbonyl (C=O) groups is 1. The summed E-state index contributed by atoms with van der Waals surface area (Å²) >= 11 is 0. The van der Waals surface area contributed by atoms with Crippen molar-refractivity contribution >= 4 is 15.9 Å². The van der Waals surface area contributed by atoms with E-state index >= 15 is 0 Å². The minimum Gasteiger partial charge on any atom is -0.369 e. The van der Waals surface area contributed by atoms with Gasteiger partial charge in [0, 0.05) is 19.6 Å². The molecular formula is C25H36N4O3S. The van der Waals surface area contributed by atoms with Gasteiger partial charge in [-0.25, -0.2) is 13.1 Å². The summed E-state index contributed by atoms with van der Waals surface area (Å²) in [6, 6.07) is 19.4. The molecule has 0 aromatic heterocycles. The number of hydrogen-bond acceptors (Lipinski definition) is 5. The Morgan fingerprint density at radius 2 is 1.61 bits per heavy atom. The summed E-state index contributed by atoms with van der Waals surface area (Å²) in [5, 5.41) is 0. The van der Waals surface area contributed by atoms with Gasteiger partial charge in [0.2, 0.25) is 15.9 Å². The number of nitrogens with two attached hydrogens (primary N) is 2. The smallest absolute Gasteiger partial charge is 0.232 e. The molecule has 2 aromatic carbocycles. The van der Waals surface area contributed by atoms with Crippen LogP contribution in [0.4, 0.5) is 0 Å². The van der Waals surface area contributed by atoms with Gasteiger partial charge in [-0.1, -0.05) is 67.1 Å². The molecular weight excluding hydrogens is 436 g/mol. The van der Waals surface area contributed by atoms with E-state index < -0.39 is 15.4 Å². The molecule has 8 heteroatoms. The first-order chi connectivity index (χ1) is 15.9. The molecule has 33 heavy (non-hydrogen) atoms. The lowest BCUT2D eigenvalue weighted by Gasteiger charge is -2.37. The normalized spacial score (nSPS) is 17.3. The highest BCUT2D eigenvalue weighted by atomic mass is 32.2. The predicted octanol–water partition coefficient (Wildman–Crippen LogP) is 1.83. The Morgan fingerprint density at radius 1 is 1.00 bits per heavy atom. The van der Waals surface area contributed by atoms with Gasteiger partial charge in [-0.15, -0.1) is 0 Å². The SMILES string of the molecule is NCCCCCNS(=O)(=O)CCN1CCC(C(C(N)=O)(c2ccccc2)c2ccccc2)C1. The highest BCUT2D eigenvalue weighted by molar-refractivity contribution is 7.89. The third kappa shape index (κ3) is 6.20. The van der Waals surface area contributed by atoms with E-state index in [1.165, 1.54) is 0 Å². The van der Waals surface area contributed by atoms with Gasteiger partial charge in [-0.2, -0.15) is 0 Å². The number of likely N-dealkylation sites (tertiary alicyclic amines) is 1. The maximum Gasteiger partial charge on any atom is 0.232 e. The molecule has 0 bridgehead atoms. The summed E-state index contributed by atoms with van der Waals surface area (Å²) in [7, 11) is -3.34. The maximum absolute atomic E-state index is 13.1. The van der Waals surface area contributed by atoms with Gasteiger partial charge >= 0.3 is 0 Å². The van der Waals surface area contributed by atoms with E-state index in [-0.39, 0.29) is 17.6 Å². The predicted molar refractivity (Wildman–Crippen MR) is 132 cm³/mol. The van der Waals surface area contributed by atoms with Gasteiger partial charge in [-0.3, -0.25) is 4.79 Å². The number of primary amides is 1. The van der Waals surface area contributed by atoms with Crippen molar-refractivity contribution < 1.29 is 13.2 Å². The number of nitrogens with one attached hydrogen (secondary N) is 1. The van der Waals surface area contributed by atoms with Crippen molar-refractivity contribution in [3.63, 3.8) is 0 Å². The minimum atomic E-state index is -3.34. The van der Waals surface area contributed by atoms with Crippen LogP contribution in [0.1, 0.15) is 36.8 Å². The summed E-state index contributed by atoms with van der Waals surface area (Å²) < 4.78 is 27.5. The number of benzene rings is 2. The Balaban J connectivity index is 1.72. The van der Waals surface area contributed by atoms with Crippen LogP contribution in [-0.2, 0) is 20.2 Å². The molecule has 5 N–H and O–H groups in total. The zero-order chi connectivity index (χ0) is 23.7. The quantitative estimate of drug-likeness (QED) is 0.384. The van der Waals surface area contributed by atoms with Crippen molar-refractivity contribution in [2.75, 3.05) is 38.5 Å². The largest absolute Gasteiger partial charge is 0.369 e. The fourth-order valence-electron chi connectivity index (χ4n) is 4.91. The van der Waals surface area contributed by atoms with Gasteiger partial charge in [-0.05, 0) is 49.4 Å². The number of nitrogens with zero attached hydrogens (tertiary/aromatic N) is 1. The minimum absolute atomic E-state index is 0.0385. The second-order valence-corrected chi connectivity index (χ2v) is 10.7. The van der Waals surface area contributed by atoms with Crippen LogP contribution in [0.3, 0.4) is 0 Å². The van der Waals surface area contributed by atoms with Crippen molar-refractivity contribution in [3.8, 4) is 0 Å². The van der Waals surface area contributed by atoms with Gasteiger partial charge in [0.1, 0.15) is 5.41 Å². The van der Waals surface area contributed by atoms with Crippen LogP contribution < -0.4 is 16.2 Å². The lowest BCUT2D eigenvalue weighted by molar-refractivity contribution is -0.123. The van der Waals surface area contributed by atoms with Crippen LogP contribution in [0.5, 0.6) is 0 Å². The molecule has 1 atom stereocenters. The molecule has 0 spiro atoms. The van der Waals surface area contributed by atoms with Crippen molar-refractivity contribution in [2.45, 2.75) is 31.1 Å². The van der Waals surface area contributed by atoms with Crippen molar-refractivity contribution in [1.29, 1.82) is 0 Å². The fraction of sp³-hybridized carbons (Fsp3) is 0.480. The molecule has 7 nitrogen and oxygen atoms in total. The second-order valence-electron chi connectivity index (χ2n) is 8.75. The lowest BCUT2D eigenvalue weighted by atomic mass is 9.64. The zero-order valence-electron chi connectivity index (χ0n) is 19.2. The standard InChI is InChI=1S/C25H36N4O3S/c26-15-8-3-9-16-28-33(31,32)19-18-29-17-14-23(20-29)25(24(27)30,21-10-4-1-5-11-21)22-12-6-2-7-13-22/h1-2,4-7,10-13,23,28H,3,8-9,14-20,26H2,(H2,27,30). The van der Waals surface area contributed by atoms with E-state index in [1.54, 1.807) is 0 Å². The zero-order valence-corrected chi connectivity index (χ0v) is 20.0. The third-order valence-corrected chi connectivity index (χ3v) is 7.97. The first kappa shape index (κ1) is 25.4. The summed E-state index contributed by atoms with van der Waals surface area (Å²) in [5.41, 5.74) is 12.4. The van der Waals surface area contributed by atoms with Gasteiger partial charge < -0.3 is 16.4 Å². The molecule has 1 aliphatic heterocycles. The fourth-order valence-corrected chi connectivity index (χ4v) is 6.01. The number of sulfonamides is 1. The van der Waals surface area contributed by atoms with Crippen LogP contribution in [0.25, 0.3) is 0 Å². The van der Waals surface area contributed by atoms with E-state index in [0.29, 0.717) is 26.2 Å². The Labute approximate surface area is 197 Å². The van der Waals surface area contributed by atoms with Crippen LogP contribution >= 0.6 is 0 Å². The summed E-state index contributed by atoms with van der Waals surface area (Å²) in [6.07, 6.45) is 3.37. The average molecular weight is 473 g/mol. The molecule has 1 amide bonds. The Bertz CT molecular complexity index is 944. The molecule has 3 rings (SSSR count). The van der Waals surface area contributed by atoms with Crippen LogP contribution in [-0.4, -0.2) is 57.7 Å². The lowest BCUT2D eigenvalue weighted by Crippen LogP contribution is -2.49. The number of unbranched alkanes of at least 4 members (excludes halogenated alkanes) is 2. The molecule has 0 radical (unpaired) electrons. The van der Waals surface area contributed by atoms with Gasteiger partial charge in [0.05, 0.1) is 5.75 Å². The highest BCUT2D eigenvalue weighted by Gasteiger charge is 2.49. The van der Waals surface area contributed by atoms with Crippen LogP contribution in [0, 0.1) is 5.92 Å². The molecule has 1 aliphatic rings. The molecule has 1 saturated heterocycles. The molecule has 180 valence electrons. The third-order valence-electron chi connectivity index (χ3n) is 6.61.